The van der Waals surface area contributed by atoms with Gasteiger partial charge in [0.15, 0.2) is 0 Å². The fourth-order valence-electron chi connectivity index (χ4n) is 2.80. The molecule has 1 fully saturated rings. The molecular weight excluding hydrogens is 226 g/mol. The molecule has 0 amide bonds. The third-order valence-electron chi connectivity index (χ3n) is 3.83. The van der Waals surface area contributed by atoms with Gasteiger partial charge in [-0.25, -0.2) is 9.97 Å². The molecule has 4 nitrogen and oxygen atoms in total. The molecule has 0 aromatic carbocycles. The molecule has 1 N–H and O–H groups in total. The van der Waals surface area contributed by atoms with Crippen LogP contribution in [0.4, 0.5) is 5.82 Å². The average molecular weight is 249 g/mol. The van der Waals surface area contributed by atoms with E-state index in [2.05, 4.69) is 22.2 Å². The zero-order valence-electron chi connectivity index (χ0n) is 11.6. The predicted octanol–water partition coefficient (Wildman–Crippen LogP) is 3.03. The molecule has 0 spiro atoms. The molecule has 1 aliphatic carbocycles. The fraction of sp³-hybridized carbons (Fsp3) is 0.714. The van der Waals surface area contributed by atoms with Crippen molar-refractivity contribution in [2.24, 2.45) is 11.8 Å². The molecule has 1 aliphatic rings. The smallest absolute Gasteiger partial charge is 0.221 e. The van der Waals surface area contributed by atoms with Crippen LogP contribution < -0.4 is 10.1 Å². The van der Waals surface area contributed by atoms with Crippen molar-refractivity contribution in [1.29, 1.82) is 0 Å². The fourth-order valence-corrected chi connectivity index (χ4v) is 2.80. The van der Waals surface area contributed by atoms with Crippen molar-refractivity contribution in [2.75, 3.05) is 19.0 Å². The van der Waals surface area contributed by atoms with E-state index < -0.39 is 0 Å². The Morgan fingerprint density at radius 3 is 2.94 bits per heavy atom. The molecule has 2 atom stereocenters. The summed E-state index contributed by atoms with van der Waals surface area (Å²) in [6.07, 6.45) is 6.96. The van der Waals surface area contributed by atoms with E-state index >= 15 is 0 Å². The van der Waals surface area contributed by atoms with Crippen molar-refractivity contribution >= 4 is 5.82 Å². The molecule has 0 aliphatic heterocycles. The molecule has 1 heterocycles. The van der Waals surface area contributed by atoms with Gasteiger partial charge in [-0.1, -0.05) is 19.8 Å². The molecule has 0 bridgehead atoms. The zero-order valence-corrected chi connectivity index (χ0v) is 11.6. The van der Waals surface area contributed by atoms with E-state index in [-0.39, 0.29) is 0 Å². The third kappa shape index (κ3) is 3.12. The summed E-state index contributed by atoms with van der Waals surface area (Å²) in [5.41, 5.74) is 0.990. The monoisotopic (exact) mass is 249 g/mol. The minimum absolute atomic E-state index is 0.657. The van der Waals surface area contributed by atoms with Crippen LogP contribution in [0.3, 0.4) is 0 Å². The molecule has 0 radical (unpaired) electrons. The lowest BCUT2D eigenvalue weighted by Crippen LogP contribution is -2.21. The quantitative estimate of drug-likeness (QED) is 0.891. The largest absolute Gasteiger partial charge is 0.481 e. The first-order valence-electron chi connectivity index (χ1n) is 6.80. The van der Waals surface area contributed by atoms with Gasteiger partial charge in [0.25, 0.3) is 0 Å². The number of hydrogen-bond acceptors (Lipinski definition) is 4. The number of aromatic nitrogens is 2. The summed E-state index contributed by atoms with van der Waals surface area (Å²) in [4.78, 5) is 8.38. The first kappa shape index (κ1) is 13.1. The summed E-state index contributed by atoms with van der Waals surface area (Å²) in [6, 6.07) is 0. The summed E-state index contributed by atoms with van der Waals surface area (Å²) in [6.45, 7) is 5.35. The van der Waals surface area contributed by atoms with Crippen molar-refractivity contribution < 1.29 is 4.74 Å². The molecule has 2 rings (SSSR count). The van der Waals surface area contributed by atoms with Crippen molar-refractivity contribution in [2.45, 2.75) is 39.5 Å². The Morgan fingerprint density at radius 1 is 1.39 bits per heavy atom. The van der Waals surface area contributed by atoms with E-state index in [9.17, 15) is 0 Å². The van der Waals surface area contributed by atoms with Gasteiger partial charge in [0.2, 0.25) is 5.88 Å². The minimum atomic E-state index is 0.657. The van der Waals surface area contributed by atoms with Crippen LogP contribution in [0, 0.1) is 18.8 Å². The molecule has 18 heavy (non-hydrogen) atoms. The maximum absolute atomic E-state index is 5.20. The van der Waals surface area contributed by atoms with Gasteiger partial charge in [0.05, 0.1) is 12.7 Å². The van der Waals surface area contributed by atoms with E-state index in [0.717, 1.165) is 29.8 Å². The number of methoxy groups -OCH3 is 1. The van der Waals surface area contributed by atoms with E-state index in [0.29, 0.717) is 5.88 Å². The topological polar surface area (TPSA) is 47.0 Å². The number of rotatable bonds is 4. The van der Waals surface area contributed by atoms with Crippen LogP contribution in [0.5, 0.6) is 5.88 Å². The lowest BCUT2D eigenvalue weighted by Gasteiger charge is -2.27. The van der Waals surface area contributed by atoms with Gasteiger partial charge < -0.3 is 10.1 Å². The van der Waals surface area contributed by atoms with Crippen molar-refractivity contribution in [3.63, 3.8) is 0 Å². The van der Waals surface area contributed by atoms with Gasteiger partial charge in [0, 0.05) is 6.54 Å². The molecule has 1 aromatic rings. The van der Waals surface area contributed by atoms with Gasteiger partial charge in [-0.15, -0.1) is 0 Å². The molecule has 2 unspecified atom stereocenters. The van der Waals surface area contributed by atoms with Gasteiger partial charge in [-0.05, 0) is 31.6 Å². The highest BCUT2D eigenvalue weighted by Crippen LogP contribution is 2.29. The van der Waals surface area contributed by atoms with Gasteiger partial charge >= 0.3 is 0 Å². The van der Waals surface area contributed by atoms with E-state index in [4.69, 9.17) is 4.74 Å². The van der Waals surface area contributed by atoms with E-state index in [1.54, 1.807) is 13.4 Å². The van der Waals surface area contributed by atoms with Crippen molar-refractivity contribution in [1.82, 2.24) is 9.97 Å². The number of nitrogens with zero attached hydrogens (tertiary/aromatic N) is 2. The number of ether oxygens (including phenoxy) is 1. The van der Waals surface area contributed by atoms with Gasteiger partial charge in [0.1, 0.15) is 12.1 Å². The summed E-state index contributed by atoms with van der Waals surface area (Å²) in [5, 5.41) is 3.45. The Balaban J connectivity index is 1.93. The third-order valence-corrected chi connectivity index (χ3v) is 3.83. The second kappa shape index (κ2) is 6.03. The number of hydrogen-bond donors (Lipinski definition) is 1. The Hall–Kier alpha value is -1.32. The van der Waals surface area contributed by atoms with Crippen molar-refractivity contribution in [3.05, 3.63) is 11.9 Å². The highest BCUT2D eigenvalue weighted by molar-refractivity contribution is 5.47. The molecule has 0 saturated heterocycles. The van der Waals surface area contributed by atoms with Crippen LogP contribution in [0.1, 0.15) is 38.2 Å². The Bertz CT molecular complexity index is 395. The van der Waals surface area contributed by atoms with Gasteiger partial charge in [-0.3, -0.25) is 0 Å². The first-order chi connectivity index (χ1) is 8.70. The molecular formula is C14H23N3O. The van der Waals surface area contributed by atoms with Gasteiger partial charge in [-0.2, -0.15) is 0 Å². The first-order valence-corrected chi connectivity index (χ1v) is 6.80. The maximum Gasteiger partial charge on any atom is 0.221 e. The Labute approximate surface area is 109 Å². The molecule has 100 valence electrons. The van der Waals surface area contributed by atoms with E-state index in [1.807, 2.05) is 6.92 Å². The summed E-state index contributed by atoms with van der Waals surface area (Å²) in [7, 11) is 1.64. The number of anilines is 1. The highest BCUT2D eigenvalue weighted by Gasteiger charge is 2.19. The lowest BCUT2D eigenvalue weighted by atomic mass is 9.82. The summed E-state index contributed by atoms with van der Waals surface area (Å²) >= 11 is 0. The average Bonchev–Trinajstić information content (AvgIpc) is 2.38. The normalized spacial score (nSPS) is 23.7. The van der Waals surface area contributed by atoms with Crippen LogP contribution in [0.15, 0.2) is 6.33 Å². The SMILES string of the molecule is COc1ncnc(NCC2CCCC(C)C2)c1C. The van der Waals surface area contributed by atoms with Crippen molar-refractivity contribution in [3.8, 4) is 5.88 Å². The second-order valence-electron chi connectivity index (χ2n) is 5.38. The van der Waals surface area contributed by atoms with E-state index in [1.165, 1.54) is 25.7 Å². The second-order valence-corrected chi connectivity index (χ2v) is 5.38. The zero-order chi connectivity index (χ0) is 13.0. The Morgan fingerprint density at radius 2 is 2.22 bits per heavy atom. The molecule has 4 heteroatoms. The minimum Gasteiger partial charge on any atom is -0.481 e. The summed E-state index contributed by atoms with van der Waals surface area (Å²) < 4.78 is 5.20. The maximum atomic E-state index is 5.20. The summed E-state index contributed by atoms with van der Waals surface area (Å²) in [5.74, 6) is 3.20. The standard InChI is InChI=1S/C14H23N3O/c1-10-5-4-6-12(7-10)8-15-13-11(2)14(18-3)17-9-16-13/h9-10,12H,4-8H2,1-3H3,(H,15,16,17). The van der Waals surface area contributed by atoms with Crippen LogP contribution in [0.25, 0.3) is 0 Å². The number of nitrogens with one attached hydrogen (secondary N) is 1. The lowest BCUT2D eigenvalue weighted by molar-refractivity contribution is 0.293. The van der Waals surface area contributed by atoms with Crippen LogP contribution in [-0.2, 0) is 0 Å². The van der Waals surface area contributed by atoms with Crippen LogP contribution in [0.2, 0.25) is 0 Å². The highest BCUT2D eigenvalue weighted by atomic mass is 16.5. The van der Waals surface area contributed by atoms with Crippen LogP contribution >= 0.6 is 0 Å². The molecule has 1 aromatic heterocycles. The predicted molar refractivity (Wildman–Crippen MR) is 72.9 cm³/mol. The molecule has 1 saturated carbocycles. The van der Waals surface area contributed by atoms with Crippen LogP contribution in [-0.4, -0.2) is 23.6 Å². The Kier molecular flexibility index (Phi) is 4.39.